The highest BCUT2D eigenvalue weighted by Crippen LogP contribution is 2.14. The number of ether oxygens (including phenoxy) is 1. The summed E-state index contributed by atoms with van der Waals surface area (Å²) in [7, 11) is 0. The Labute approximate surface area is 281 Å². The van der Waals surface area contributed by atoms with Crippen LogP contribution in [0.1, 0.15) is 171 Å². The van der Waals surface area contributed by atoms with Gasteiger partial charge in [-0.2, -0.15) is 0 Å². The minimum Gasteiger partial charge on any atom is -0.476 e. The van der Waals surface area contributed by atoms with Gasteiger partial charge in [-0.15, -0.1) is 0 Å². The molecule has 0 spiro atoms. The predicted octanol–water partition coefficient (Wildman–Crippen LogP) is 8.89. The van der Waals surface area contributed by atoms with Crippen LogP contribution in [-0.2, 0) is 9.53 Å². The molecule has 262 valence electrons. The van der Waals surface area contributed by atoms with Crippen LogP contribution in [-0.4, -0.2) is 57.0 Å². The molecule has 1 heterocycles. The van der Waals surface area contributed by atoms with Crippen molar-refractivity contribution in [2.75, 3.05) is 39.3 Å². The van der Waals surface area contributed by atoms with Crippen molar-refractivity contribution in [3.63, 3.8) is 0 Å². The summed E-state index contributed by atoms with van der Waals surface area (Å²) in [4.78, 5) is 28.9. The second kappa shape index (κ2) is 28.8. The van der Waals surface area contributed by atoms with Gasteiger partial charge in [-0.25, -0.2) is 4.99 Å². The Balaban J connectivity index is 1.25. The first kappa shape index (κ1) is 39.8. The summed E-state index contributed by atoms with van der Waals surface area (Å²) in [6.07, 6.45) is 29.5. The molecule has 1 aromatic carbocycles. The normalized spacial score (nSPS) is 12.6. The lowest BCUT2D eigenvalue weighted by Crippen LogP contribution is -2.32. The molecule has 0 saturated heterocycles. The molecule has 1 aliphatic rings. The molecule has 1 aromatic rings. The van der Waals surface area contributed by atoms with Crippen molar-refractivity contribution >= 4 is 17.7 Å². The molecule has 3 N–H and O–H groups in total. The number of carbonyl (C=O) groups excluding carboxylic acids is 2. The summed E-state index contributed by atoms with van der Waals surface area (Å²) < 4.78 is 5.49. The van der Waals surface area contributed by atoms with Crippen molar-refractivity contribution in [3.05, 3.63) is 35.4 Å². The van der Waals surface area contributed by atoms with Crippen LogP contribution in [0.3, 0.4) is 0 Å². The van der Waals surface area contributed by atoms with Crippen molar-refractivity contribution in [1.82, 2.24) is 16.0 Å². The van der Waals surface area contributed by atoms with E-state index >= 15 is 0 Å². The van der Waals surface area contributed by atoms with Crippen LogP contribution in [0.25, 0.3) is 0 Å². The molecule has 0 aromatic heterocycles. The zero-order valence-corrected chi connectivity index (χ0v) is 29.5. The first-order valence-electron chi connectivity index (χ1n) is 19.2. The van der Waals surface area contributed by atoms with Crippen LogP contribution in [0.15, 0.2) is 29.3 Å². The summed E-state index contributed by atoms with van der Waals surface area (Å²) in [5.41, 5.74) is 1.48. The predicted molar refractivity (Wildman–Crippen MR) is 194 cm³/mol. The van der Waals surface area contributed by atoms with Gasteiger partial charge in [0.1, 0.15) is 6.61 Å². The molecule has 0 fully saturated rings. The lowest BCUT2D eigenvalue weighted by Gasteiger charge is -2.08. The van der Waals surface area contributed by atoms with Crippen molar-refractivity contribution in [1.29, 1.82) is 0 Å². The molecule has 0 bridgehead atoms. The van der Waals surface area contributed by atoms with Crippen molar-refractivity contribution in [3.8, 4) is 0 Å². The van der Waals surface area contributed by atoms with E-state index in [1.807, 2.05) is 24.3 Å². The number of nitrogens with zero attached hydrogens (tertiary/aromatic N) is 1. The maximum atomic E-state index is 12.4. The first-order valence-corrected chi connectivity index (χ1v) is 19.2. The molecule has 0 radical (unpaired) electrons. The van der Waals surface area contributed by atoms with Crippen LogP contribution >= 0.6 is 0 Å². The maximum Gasteiger partial charge on any atom is 0.251 e. The average molecular weight is 641 g/mol. The third-order valence-electron chi connectivity index (χ3n) is 8.90. The van der Waals surface area contributed by atoms with E-state index in [1.165, 1.54) is 116 Å². The van der Waals surface area contributed by atoms with Crippen LogP contribution in [0, 0.1) is 0 Å². The fourth-order valence-corrected chi connectivity index (χ4v) is 6.03. The van der Waals surface area contributed by atoms with E-state index in [4.69, 9.17) is 4.74 Å². The highest BCUT2D eigenvalue weighted by Gasteiger charge is 2.13. The van der Waals surface area contributed by atoms with E-state index < -0.39 is 0 Å². The summed E-state index contributed by atoms with van der Waals surface area (Å²) in [5, 5.41) is 9.51. The minimum absolute atomic E-state index is 0.0730. The van der Waals surface area contributed by atoms with E-state index in [0.29, 0.717) is 37.6 Å². The van der Waals surface area contributed by atoms with Gasteiger partial charge in [-0.05, 0) is 44.0 Å². The van der Waals surface area contributed by atoms with Crippen molar-refractivity contribution in [2.24, 2.45) is 4.99 Å². The Bertz CT molecular complexity index is 936. The van der Waals surface area contributed by atoms with Gasteiger partial charge >= 0.3 is 0 Å². The summed E-state index contributed by atoms with van der Waals surface area (Å²) in [6, 6.07) is 7.44. The Morgan fingerprint density at radius 1 is 0.652 bits per heavy atom. The number of hydrogen-bond donors (Lipinski definition) is 3. The molecule has 2 amide bonds. The van der Waals surface area contributed by atoms with Crippen LogP contribution in [0.4, 0.5) is 0 Å². The molecule has 46 heavy (non-hydrogen) atoms. The standard InChI is InChI=1S/C39H68N4O3/c1-2-3-4-5-6-7-8-9-10-11-12-13-14-16-20-23-29-41-37(44)27-21-18-15-17-19-22-28-40-30-31-42-38(45)35-25-24-26-36(34-35)39-43-32-33-46-39/h24-26,34,40H,2-23,27-33H2,1H3,(H,41,44)(H,42,45). The first-order chi connectivity index (χ1) is 22.7. The Kier molecular flexibility index (Phi) is 24.9. The summed E-state index contributed by atoms with van der Waals surface area (Å²) in [5.74, 6) is 0.774. The van der Waals surface area contributed by atoms with Crippen LogP contribution < -0.4 is 16.0 Å². The Hall–Kier alpha value is -2.41. The number of hydrogen-bond acceptors (Lipinski definition) is 5. The van der Waals surface area contributed by atoms with Gasteiger partial charge in [0, 0.05) is 37.2 Å². The molecule has 7 heteroatoms. The third kappa shape index (κ3) is 21.4. The van der Waals surface area contributed by atoms with Crippen LogP contribution in [0.2, 0.25) is 0 Å². The quantitative estimate of drug-likeness (QED) is 0.0707. The number of amides is 2. The molecule has 0 unspecified atom stereocenters. The van der Waals surface area contributed by atoms with E-state index in [0.717, 1.165) is 50.9 Å². The van der Waals surface area contributed by atoms with Gasteiger partial charge < -0.3 is 20.7 Å². The molecule has 7 nitrogen and oxygen atoms in total. The van der Waals surface area contributed by atoms with Gasteiger partial charge in [0.05, 0.1) is 6.54 Å². The van der Waals surface area contributed by atoms with Crippen LogP contribution in [0.5, 0.6) is 0 Å². The minimum atomic E-state index is -0.0730. The Morgan fingerprint density at radius 2 is 1.22 bits per heavy atom. The summed E-state index contributed by atoms with van der Waals surface area (Å²) >= 11 is 0. The number of nitrogens with one attached hydrogen (secondary N) is 3. The summed E-state index contributed by atoms with van der Waals surface area (Å²) in [6.45, 7) is 6.73. The molecular weight excluding hydrogens is 572 g/mol. The monoisotopic (exact) mass is 641 g/mol. The zero-order chi connectivity index (χ0) is 32.8. The number of aliphatic imine (C=N–C) groups is 1. The van der Waals surface area contributed by atoms with Gasteiger partial charge in [0.15, 0.2) is 0 Å². The average Bonchev–Trinajstić information content (AvgIpc) is 3.62. The van der Waals surface area contributed by atoms with E-state index in [1.54, 1.807) is 0 Å². The zero-order valence-electron chi connectivity index (χ0n) is 29.5. The van der Waals surface area contributed by atoms with Gasteiger partial charge in [-0.1, -0.05) is 135 Å². The topological polar surface area (TPSA) is 91.8 Å². The fraction of sp³-hybridized carbons (Fsp3) is 0.769. The molecule has 0 atom stereocenters. The Morgan fingerprint density at radius 3 is 1.80 bits per heavy atom. The largest absolute Gasteiger partial charge is 0.476 e. The molecule has 2 rings (SSSR count). The maximum absolute atomic E-state index is 12.4. The van der Waals surface area contributed by atoms with Gasteiger partial charge in [0.25, 0.3) is 5.91 Å². The number of unbranched alkanes of at least 4 members (excludes halogenated alkanes) is 20. The van der Waals surface area contributed by atoms with E-state index in [-0.39, 0.29) is 11.8 Å². The SMILES string of the molecule is CCCCCCCCCCCCCCCCCCNC(=O)CCCCCCCCNCCNC(=O)c1cccc(C2=NCCO2)c1. The van der Waals surface area contributed by atoms with E-state index in [9.17, 15) is 9.59 Å². The second-order valence-corrected chi connectivity index (χ2v) is 13.1. The van der Waals surface area contributed by atoms with Crippen molar-refractivity contribution < 1.29 is 14.3 Å². The highest BCUT2D eigenvalue weighted by atomic mass is 16.5. The lowest BCUT2D eigenvalue weighted by atomic mass is 10.0. The highest BCUT2D eigenvalue weighted by molar-refractivity contribution is 6.00. The number of rotatable bonds is 31. The van der Waals surface area contributed by atoms with Gasteiger partial charge in [-0.3, -0.25) is 9.59 Å². The second-order valence-electron chi connectivity index (χ2n) is 13.1. The molecule has 0 aliphatic carbocycles. The lowest BCUT2D eigenvalue weighted by molar-refractivity contribution is -0.121. The number of benzene rings is 1. The van der Waals surface area contributed by atoms with E-state index in [2.05, 4.69) is 27.9 Å². The third-order valence-corrected chi connectivity index (χ3v) is 8.90. The molecule has 0 saturated carbocycles. The molecular formula is C39H68N4O3. The van der Waals surface area contributed by atoms with Gasteiger partial charge in [0.2, 0.25) is 11.8 Å². The fourth-order valence-electron chi connectivity index (χ4n) is 6.03. The van der Waals surface area contributed by atoms with Crippen molar-refractivity contribution in [2.45, 2.75) is 155 Å². The smallest absolute Gasteiger partial charge is 0.251 e. The number of carbonyl (C=O) groups is 2. The molecule has 1 aliphatic heterocycles.